The van der Waals surface area contributed by atoms with Crippen LogP contribution >= 0.6 is 0 Å². The van der Waals surface area contributed by atoms with Gasteiger partial charge < -0.3 is 29.0 Å². The first-order valence-electron chi connectivity index (χ1n) is 8.56. The van der Waals surface area contributed by atoms with E-state index in [-0.39, 0.29) is 11.3 Å². The zero-order valence-corrected chi connectivity index (χ0v) is 16.0. The third kappa shape index (κ3) is 3.66. The Morgan fingerprint density at radius 3 is 2.18 bits per heavy atom. The van der Waals surface area contributed by atoms with Crippen LogP contribution in [0.1, 0.15) is 17.3 Å². The lowest BCUT2D eigenvalue weighted by Crippen LogP contribution is -2.46. The van der Waals surface area contributed by atoms with Crippen LogP contribution in [-0.4, -0.2) is 45.4 Å². The molecule has 148 valence electrons. The number of nitrogens with one attached hydrogen (secondary N) is 1. The second-order valence-corrected chi connectivity index (χ2v) is 6.04. The molecule has 1 amide bonds. The van der Waals surface area contributed by atoms with E-state index in [1.54, 1.807) is 25.1 Å². The molecule has 2 aromatic carbocycles. The van der Waals surface area contributed by atoms with Crippen LogP contribution in [0.4, 0.5) is 5.69 Å². The molecule has 0 saturated heterocycles. The molecular formula is C20H21NO7. The van der Waals surface area contributed by atoms with E-state index in [0.717, 1.165) is 0 Å². The van der Waals surface area contributed by atoms with Crippen LogP contribution in [0.2, 0.25) is 0 Å². The van der Waals surface area contributed by atoms with Gasteiger partial charge in [0.2, 0.25) is 6.10 Å². The SMILES string of the molecule is COC(=O)c1cc(OC)c(OC)cc1NC(=O)[C@H]1Oc2ccccc2O[C@@H]1C. The van der Waals surface area contributed by atoms with E-state index < -0.39 is 24.1 Å². The first-order valence-corrected chi connectivity index (χ1v) is 8.56. The molecule has 8 nitrogen and oxygen atoms in total. The lowest BCUT2D eigenvalue weighted by Gasteiger charge is -2.31. The summed E-state index contributed by atoms with van der Waals surface area (Å²) in [4.78, 5) is 25.0. The second-order valence-electron chi connectivity index (χ2n) is 6.04. The summed E-state index contributed by atoms with van der Waals surface area (Å²) in [5.74, 6) is 0.626. The van der Waals surface area contributed by atoms with Gasteiger partial charge in [-0.25, -0.2) is 4.79 Å². The number of carbonyl (C=O) groups excluding carboxylic acids is 2. The summed E-state index contributed by atoms with van der Waals surface area (Å²) in [5, 5.41) is 2.70. The molecule has 2 aromatic rings. The Hall–Kier alpha value is -3.42. The molecule has 0 fully saturated rings. The minimum Gasteiger partial charge on any atom is -0.493 e. The van der Waals surface area contributed by atoms with E-state index in [4.69, 9.17) is 23.7 Å². The van der Waals surface area contributed by atoms with E-state index >= 15 is 0 Å². The highest BCUT2D eigenvalue weighted by molar-refractivity contribution is 6.03. The fourth-order valence-electron chi connectivity index (χ4n) is 2.87. The molecular weight excluding hydrogens is 366 g/mol. The first-order chi connectivity index (χ1) is 13.5. The summed E-state index contributed by atoms with van der Waals surface area (Å²) < 4.78 is 26.8. The molecule has 0 spiro atoms. The van der Waals surface area contributed by atoms with Crippen molar-refractivity contribution in [2.45, 2.75) is 19.1 Å². The highest BCUT2D eigenvalue weighted by atomic mass is 16.6. The molecule has 0 aliphatic carbocycles. The molecule has 8 heteroatoms. The number of esters is 1. The van der Waals surface area contributed by atoms with Crippen LogP contribution < -0.4 is 24.3 Å². The number of methoxy groups -OCH3 is 3. The van der Waals surface area contributed by atoms with Crippen LogP contribution in [0.3, 0.4) is 0 Å². The van der Waals surface area contributed by atoms with Crippen LogP contribution in [0.5, 0.6) is 23.0 Å². The summed E-state index contributed by atoms with van der Waals surface area (Å²) in [6.07, 6.45) is -1.44. The summed E-state index contributed by atoms with van der Waals surface area (Å²) in [5.41, 5.74) is 0.336. The molecule has 2 atom stereocenters. The quantitative estimate of drug-likeness (QED) is 0.789. The number of hydrogen-bond acceptors (Lipinski definition) is 7. The fraction of sp³-hybridized carbons (Fsp3) is 0.300. The Labute approximate surface area is 162 Å². The molecule has 1 heterocycles. The summed E-state index contributed by atoms with van der Waals surface area (Å²) in [6.45, 7) is 1.73. The minimum atomic E-state index is -0.909. The molecule has 3 rings (SSSR count). The third-order valence-electron chi connectivity index (χ3n) is 4.29. The lowest BCUT2D eigenvalue weighted by atomic mass is 10.1. The van der Waals surface area contributed by atoms with Gasteiger partial charge in [0.15, 0.2) is 23.0 Å². The van der Waals surface area contributed by atoms with E-state index in [1.807, 2.05) is 6.07 Å². The van der Waals surface area contributed by atoms with Crippen molar-refractivity contribution >= 4 is 17.6 Å². The van der Waals surface area contributed by atoms with Gasteiger partial charge in [0.05, 0.1) is 32.6 Å². The number of hydrogen-bond donors (Lipinski definition) is 1. The van der Waals surface area contributed by atoms with E-state index in [2.05, 4.69) is 5.32 Å². The molecule has 0 saturated carbocycles. The van der Waals surface area contributed by atoms with E-state index in [1.165, 1.54) is 33.5 Å². The van der Waals surface area contributed by atoms with Crippen molar-refractivity contribution in [3.05, 3.63) is 42.0 Å². The summed E-state index contributed by atoms with van der Waals surface area (Å²) in [7, 11) is 4.16. The molecule has 1 N–H and O–H groups in total. The monoisotopic (exact) mass is 387 g/mol. The number of para-hydroxylation sites is 2. The number of ether oxygens (including phenoxy) is 5. The third-order valence-corrected chi connectivity index (χ3v) is 4.29. The zero-order valence-electron chi connectivity index (χ0n) is 16.0. The van der Waals surface area contributed by atoms with Crippen molar-refractivity contribution in [1.82, 2.24) is 0 Å². The first kappa shape index (κ1) is 19.3. The van der Waals surface area contributed by atoms with Crippen molar-refractivity contribution in [3.63, 3.8) is 0 Å². The molecule has 1 aliphatic heterocycles. The average Bonchev–Trinajstić information content (AvgIpc) is 2.72. The topological polar surface area (TPSA) is 92.3 Å². The predicted octanol–water partition coefficient (Wildman–Crippen LogP) is 2.66. The van der Waals surface area contributed by atoms with Crippen molar-refractivity contribution in [2.24, 2.45) is 0 Å². The number of carbonyl (C=O) groups is 2. The van der Waals surface area contributed by atoms with Gasteiger partial charge in [-0.2, -0.15) is 0 Å². The Morgan fingerprint density at radius 2 is 1.57 bits per heavy atom. The van der Waals surface area contributed by atoms with Crippen LogP contribution in [0.25, 0.3) is 0 Å². The molecule has 28 heavy (non-hydrogen) atoms. The molecule has 0 aromatic heterocycles. The van der Waals surface area contributed by atoms with E-state index in [0.29, 0.717) is 23.0 Å². The van der Waals surface area contributed by atoms with Gasteiger partial charge in [-0.15, -0.1) is 0 Å². The Bertz CT molecular complexity index is 896. The van der Waals surface area contributed by atoms with Crippen LogP contribution in [0.15, 0.2) is 36.4 Å². The molecule has 0 radical (unpaired) electrons. The number of rotatable bonds is 5. The van der Waals surface area contributed by atoms with Crippen molar-refractivity contribution in [3.8, 4) is 23.0 Å². The molecule has 0 unspecified atom stereocenters. The average molecular weight is 387 g/mol. The van der Waals surface area contributed by atoms with Gasteiger partial charge in [-0.3, -0.25) is 4.79 Å². The van der Waals surface area contributed by atoms with Gasteiger partial charge in [0.1, 0.15) is 6.10 Å². The largest absolute Gasteiger partial charge is 0.493 e. The number of fused-ring (bicyclic) bond motifs is 1. The Balaban J connectivity index is 1.90. The second kappa shape index (κ2) is 8.08. The summed E-state index contributed by atoms with van der Waals surface area (Å²) >= 11 is 0. The number of anilines is 1. The zero-order chi connectivity index (χ0) is 20.3. The maximum atomic E-state index is 12.9. The highest BCUT2D eigenvalue weighted by Crippen LogP contribution is 2.36. The van der Waals surface area contributed by atoms with Crippen LogP contribution in [-0.2, 0) is 9.53 Å². The minimum absolute atomic E-state index is 0.123. The predicted molar refractivity (Wildman–Crippen MR) is 100 cm³/mol. The van der Waals surface area contributed by atoms with Gasteiger partial charge >= 0.3 is 5.97 Å². The Morgan fingerprint density at radius 1 is 0.964 bits per heavy atom. The maximum absolute atomic E-state index is 12.9. The van der Waals surface area contributed by atoms with Gasteiger partial charge in [-0.05, 0) is 19.1 Å². The van der Waals surface area contributed by atoms with Gasteiger partial charge in [0, 0.05) is 12.1 Å². The maximum Gasteiger partial charge on any atom is 0.340 e. The van der Waals surface area contributed by atoms with Crippen molar-refractivity contribution < 1.29 is 33.3 Å². The summed E-state index contributed by atoms with van der Waals surface area (Å²) in [6, 6.07) is 10.0. The smallest absolute Gasteiger partial charge is 0.340 e. The molecule has 0 bridgehead atoms. The lowest BCUT2D eigenvalue weighted by molar-refractivity contribution is -0.128. The Kier molecular flexibility index (Phi) is 5.58. The van der Waals surface area contributed by atoms with Crippen LogP contribution in [0, 0.1) is 0 Å². The highest BCUT2D eigenvalue weighted by Gasteiger charge is 2.35. The van der Waals surface area contributed by atoms with Gasteiger partial charge in [-0.1, -0.05) is 12.1 Å². The van der Waals surface area contributed by atoms with E-state index in [9.17, 15) is 9.59 Å². The normalized spacial score (nSPS) is 17.4. The van der Waals surface area contributed by atoms with Gasteiger partial charge in [0.25, 0.3) is 5.91 Å². The fourth-order valence-corrected chi connectivity index (χ4v) is 2.87. The number of amides is 1. The van der Waals surface area contributed by atoms with Crippen molar-refractivity contribution in [1.29, 1.82) is 0 Å². The molecule has 1 aliphatic rings. The number of benzene rings is 2. The van der Waals surface area contributed by atoms with Crippen molar-refractivity contribution in [2.75, 3.05) is 26.6 Å². The standard InChI is InChI=1S/C20H21NO7/c1-11-18(28-15-8-6-5-7-14(15)27-11)19(22)21-13-10-17(25-3)16(24-2)9-12(13)20(23)26-4/h5-11,18H,1-4H3,(H,21,22)/t11-,18+/m1/s1.